The number of ketones is 1. The van der Waals surface area contributed by atoms with E-state index in [1.807, 2.05) is 13.8 Å². The molecule has 0 spiro atoms. The first-order valence-corrected chi connectivity index (χ1v) is 3.78. The number of hydrogen-bond donors (Lipinski definition) is 1. The lowest BCUT2D eigenvalue weighted by Crippen LogP contribution is -2.25. The Balaban J connectivity index is 3.69. The van der Waals surface area contributed by atoms with Crippen molar-refractivity contribution in [2.75, 3.05) is 0 Å². The first-order chi connectivity index (χ1) is 4.59. The summed E-state index contributed by atoms with van der Waals surface area (Å²) in [4.78, 5) is 10.6. The van der Waals surface area contributed by atoms with Gasteiger partial charge in [-0.15, -0.1) is 0 Å². The molecular weight excluding hydrogens is 128 g/mol. The van der Waals surface area contributed by atoms with Crippen molar-refractivity contribution in [3.63, 3.8) is 0 Å². The average molecular weight is 144 g/mol. The summed E-state index contributed by atoms with van der Waals surface area (Å²) in [5.41, 5.74) is 0. The largest absolute Gasteiger partial charge is 0.385 e. The summed E-state index contributed by atoms with van der Waals surface area (Å²) in [5, 5.41) is 9.18. The van der Waals surface area contributed by atoms with E-state index in [-0.39, 0.29) is 11.7 Å². The fraction of sp³-hybridized carbons (Fsp3) is 0.875. The number of aliphatic hydroxyl groups is 1. The summed E-state index contributed by atoms with van der Waals surface area (Å²) in [6, 6.07) is 0. The third-order valence-corrected chi connectivity index (χ3v) is 1.70. The Kier molecular flexibility index (Phi) is 4.28. The van der Waals surface area contributed by atoms with Crippen LogP contribution in [0.2, 0.25) is 0 Å². The summed E-state index contributed by atoms with van der Waals surface area (Å²) in [5.74, 6) is -0.0107. The maximum atomic E-state index is 10.6. The molecule has 60 valence electrons. The van der Waals surface area contributed by atoms with Crippen LogP contribution in [-0.4, -0.2) is 17.0 Å². The highest BCUT2D eigenvalue weighted by Gasteiger charge is 2.16. The molecule has 2 atom stereocenters. The number of aliphatic hydroxyl groups excluding tert-OH is 1. The van der Waals surface area contributed by atoms with Gasteiger partial charge in [-0.2, -0.15) is 0 Å². The zero-order chi connectivity index (χ0) is 8.15. The molecule has 0 rings (SSSR count). The second-order valence-electron chi connectivity index (χ2n) is 2.82. The van der Waals surface area contributed by atoms with Crippen LogP contribution in [0, 0.1) is 5.92 Å². The predicted octanol–water partition coefficient (Wildman–Crippen LogP) is 1.37. The second-order valence-corrected chi connectivity index (χ2v) is 2.82. The lowest BCUT2D eigenvalue weighted by atomic mass is 9.97. The van der Waals surface area contributed by atoms with Crippen LogP contribution in [0.4, 0.5) is 0 Å². The summed E-state index contributed by atoms with van der Waals surface area (Å²) < 4.78 is 0. The van der Waals surface area contributed by atoms with Gasteiger partial charge in [0.2, 0.25) is 0 Å². The summed E-state index contributed by atoms with van der Waals surface area (Å²) in [7, 11) is 0. The number of hydrogen-bond acceptors (Lipinski definition) is 2. The lowest BCUT2D eigenvalue weighted by Gasteiger charge is -2.14. The minimum atomic E-state index is -0.750. The van der Waals surface area contributed by atoms with E-state index >= 15 is 0 Å². The van der Waals surface area contributed by atoms with E-state index in [1.165, 1.54) is 6.92 Å². The topological polar surface area (TPSA) is 37.3 Å². The Hall–Kier alpha value is -0.370. The van der Waals surface area contributed by atoms with Gasteiger partial charge in [0.15, 0.2) is 5.78 Å². The van der Waals surface area contributed by atoms with Gasteiger partial charge in [-0.3, -0.25) is 4.79 Å². The summed E-state index contributed by atoms with van der Waals surface area (Å²) in [6.07, 6.45) is 1.19. The van der Waals surface area contributed by atoms with Crippen molar-refractivity contribution in [2.24, 2.45) is 5.92 Å². The Labute approximate surface area is 62.2 Å². The van der Waals surface area contributed by atoms with Gasteiger partial charge in [0.1, 0.15) is 6.10 Å². The van der Waals surface area contributed by atoms with Crippen LogP contribution in [0.5, 0.6) is 0 Å². The molecule has 1 N–H and O–H groups in total. The molecule has 2 unspecified atom stereocenters. The van der Waals surface area contributed by atoms with Gasteiger partial charge >= 0.3 is 0 Å². The van der Waals surface area contributed by atoms with E-state index in [1.54, 1.807) is 0 Å². The van der Waals surface area contributed by atoms with Crippen LogP contribution in [-0.2, 0) is 4.79 Å². The molecule has 0 aliphatic rings. The molecule has 0 bridgehead atoms. The maximum absolute atomic E-state index is 10.6. The SMILES string of the molecule is CCCC(C)C(O)C(C)=O. The molecule has 0 aromatic heterocycles. The monoisotopic (exact) mass is 144 g/mol. The molecule has 2 heteroatoms. The van der Waals surface area contributed by atoms with E-state index in [0.29, 0.717) is 0 Å². The van der Waals surface area contributed by atoms with Crippen molar-refractivity contribution >= 4 is 5.78 Å². The fourth-order valence-electron chi connectivity index (χ4n) is 1.01. The molecule has 0 radical (unpaired) electrons. The van der Waals surface area contributed by atoms with Gasteiger partial charge in [0, 0.05) is 0 Å². The van der Waals surface area contributed by atoms with Gasteiger partial charge in [-0.25, -0.2) is 0 Å². The number of rotatable bonds is 4. The van der Waals surface area contributed by atoms with Gasteiger partial charge in [-0.05, 0) is 19.3 Å². The van der Waals surface area contributed by atoms with E-state index in [4.69, 9.17) is 0 Å². The van der Waals surface area contributed by atoms with Crippen molar-refractivity contribution < 1.29 is 9.90 Å². The van der Waals surface area contributed by atoms with Crippen molar-refractivity contribution in [1.29, 1.82) is 0 Å². The normalized spacial score (nSPS) is 16.4. The smallest absolute Gasteiger partial charge is 0.158 e. The highest BCUT2D eigenvalue weighted by molar-refractivity contribution is 5.80. The van der Waals surface area contributed by atoms with Crippen LogP contribution in [0.3, 0.4) is 0 Å². The molecule has 0 aliphatic carbocycles. The number of Topliss-reactive ketones (excluding diaryl/α,β-unsaturated/α-hetero) is 1. The standard InChI is InChI=1S/C8H16O2/c1-4-5-6(2)8(10)7(3)9/h6,8,10H,4-5H2,1-3H3. The molecule has 0 fully saturated rings. The van der Waals surface area contributed by atoms with E-state index in [2.05, 4.69) is 0 Å². The Bertz CT molecular complexity index is 110. The highest BCUT2D eigenvalue weighted by atomic mass is 16.3. The van der Waals surface area contributed by atoms with Crippen LogP contribution < -0.4 is 0 Å². The van der Waals surface area contributed by atoms with E-state index in [0.717, 1.165) is 12.8 Å². The fourth-order valence-corrected chi connectivity index (χ4v) is 1.01. The Morgan fingerprint density at radius 1 is 1.60 bits per heavy atom. The van der Waals surface area contributed by atoms with Gasteiger partial charge in [0.05, 0.1) is 0 Å². The van der Waals surface area contributed by atoms with Crippen LogP contribution in [0.25, 0.3) is 0 Å². The average Bonchev–Trinajstić information content (AvgIpc) is 1.87. The Morgan fingerprint density at radius 3 is 2.40 bits per heavy atom. The first-order valence-electron chi connectivity index (χ1n) is 3.78. The van der Waals surface area contributed by atoms with E-state index < -0.39 is 6.10 Å². The molecule has 0 aromatic rings. The van der Waals surface area contributed by atoms with Crippen molar-refractivity contribution in [2.45, 2.75) is 39.7 Å². The van der Waals surface area contributed by atoms with E-state index in [9.17, 15) is 9.90 Å². The molecular formula is C8H16O2. The van der Waals surface area contributed by atoms with Crippen LogP contribution in [0.1, 0.15) is 33.6 Å². The zero-order valence-corrected chi connectivity index (χ0v) is 6.92. The first kappa shape index (κ1) is 9.63. The minimum absolute atomic E-state index is 0.113. The van der Waals surface area contributed by atoms with Gasteiger partial charge in [0.25, 0.3) is 0 Å². The predicted molar refractivity (Wildman–Crippen MR) is 40.8 cm³/mol. The molecule has 0 saturated heterocycles. The third kappa shape index (κ3) is 2.97. The molecule has 0 saturated carbocycles. The van der Waals surface area contributed by atoms with Crippen LogP contribution in [0.15, 0.2) is 0 Å². The minimum Gasteiger partial charge on any atom is -0.385 e. The molecule has 10 heavy (non-hydrogen) atoms. The molecule has 0 amide bonds. The highest BCUT2D eigenvalue weighted by Crippen LogP contribution is 2.10. The molecule has 2 nitrogen and oxygen atoms in total. The quantitative estimate of drug-likeness (QED) is 0.647. The second kappa shape index (κ2) is 4.45. The van der Waals surface area contributed by atoms with Crippen LogP contribution >= 0.6 is 0 Å². The van der Waals surface area contributed by atoms with Gasteiger partial charge < -0.3 is 5.11 Å². The number of carbonyl (C=O) groups is 1. The van der Waals surface area contributed by atoms with Crippen molar-refractivity contribution in [1.82, 2.24) is 0 Å². The number of carbonyl (C=O) groups excluding carboxylic acids is 1. The third-order valence-electron chi connectivity index (χ3n) is 1.70. The Morgan fingerprint density at radius 2 is 2.10 bits per heavy atom. The maximum Gasteiger partial charge on any atom is 0.158 e. The molecule has 0 aromatic carbocycles. The summed E-state index contributed by atoms with van der Waals surface area (Å²) >= 11 is 0. The van der Waals surface area contributed by atoms with Crippen molar-refractivity contribution in [3.8, 4) is 0 Å². The van der Waals surface area contributed by atoms with Crippen molar-refractivity contribution in [3.05, 3.63) is 0 Å². The molecule has 0 heterocycles. The molecule has 0 aliphatic heterocycles. The zero-order valence-electron chi connectivity index (χ0n) is 6.92. The summed E-state index contributed by atoms with van der Waals surface area (Å²) in [6.45, 7) is 5.37. The van der Waals surface area contributed by atoms with Gasteiger partial charge in [-0.1, -0.05) is 20.3 Å². The lowest BCUT2D eigenvalue weighted by molar-refractivity contribution is -0.127.